The van der Waals surface area contributed by atoms with E-state index >= 15 is 0 Å². The lowest BCUT2D eigenvalue weighted by Gasteiger charge is -2.10. The Morgan fingerprint density at radius 1 is 1.19 bits per heavy atom. The second kappa shape index (κ2) is 7.40. The molecule has 0 saturated heterocycles. The van der Waals surface area contributed by atoms with Gasteiger partial charge in [-0.15, -0.1) is 0 Å². The maximum absolute atomic E-state index is 12.5. The molecule has 0 bridgehead atoms. The maximum Gasteiger partial charge on any atom is 0.256 e. The standard InChI is InChI=1S/C17H15BrN4O3S/c18-16-6-5-14(26(19,24)25)10-15(16)17(23)21-13-4-1-3-12(9-13)11-22-8-2-7-20-22/h1-10H,11H2,(H,21,23)(H2,19,24,25). The maximum atomic E-state index is 12.5. The van der Waals surface area contributed by atoms with E-state index in [1.807, 2.05) is 30.5 Å². The molecule has 2 aromatic carbocycles. The number of carbonyl (C=O) groups excluding carboxylic acids is 1. The average molecular weight is 435 g/mol. The summed E-state index contributed by atoms with van der Waals surface area (Å²) in [6.07, 6.45) is 3.54. The van der Waals surface area contributed by atoms with E-state index in [0.717, 1.165) is 5.56 Å². The molecule has 0 aliphatic carbocycles. The van der Waals surface area contributed by atoms with Crippen LogP contribution < -0.4 is 10.5 Å². The van der Waals surface area contributed by atoms with Crippen molar-refractivity contribution in [2.45, 2.75) is 11.4 Å². The quantitative estimate of drug-likeness (QED) is 0.643. The monoisotopic (exact) mass is 434 g/mol. The highest BCUT2D eigenvalue weighted by molar-refractivity contribution is 9.10. The van der Waals surface area contributed by atoms with Gasteiger partial charge in [0.1, 0.15) is 0 Å². The number of amides is 1. The summed E-state index contributed by atoms with van der Waals surface area (Å²) in [7, 11) is -3.89. The molecule has 7 nitrogen and oxygen atoms in total. The Balaban J connectivity index is 1.82. The van der Waals surface area contributed by atoms with Crippen molar-refractivity contribution in [2.24, 2.45) is 5.14 Å². The third kappa shape index (κ3) is 4.37. The van der Waals surface area contributed by atoms with Gasteiger partial charge >= 0.3 is 0 Å². The van der Waals surface area contributed by atoms with E-state index in [-0.39, 0.29) is 10.5 Å². The molecule has 0 saturated carbocycles. The van der Waals surface area contributed by atoms with Crippen LogP contribution in [-0.4, -0.2) is 24.1 Å². The number of benzene rings is 2. The fourth-order valence-electron chi connectivity index (χ4n) is 2.38. The van der Waals surface area contributed by atoms with Crippen LogP contribution >= 0.6 is 15.9 Å². The molecule has 0 aliphatic rings. The van der Waals surface area contributed by atoms with E-state index in [1.165, 1.54) is 18.2 Å². The Hall–Kier alpha value is -2.49. The van der Waals surface area contributed by atoms with E-state index in [9.17, 15) is 13.2 Å². The van der Waals surface area contributed by atoms with Crippen molar-refractivity contribution >= 4 is 37.5 Å². The molecule has 0 radical (unpaired) electrons. The number of nitrogens with zero attached hydrogens (tertiary/aromatic N) is 2. The summed E-state index contributed by atoms with van der Waals surface area (Å²) >= 11 is 3.26. The number of rotatable bonds is 5. The zero-order valence-corrected chi connectivity index (χ0v) is 15.9. The van der Waals surface area contributed by atoms with E-state index < -0.39 is 15.9 Å². The molecule has 0 fully saturated rings. The lowest BCUT2D eigenvalue weighted by molar-refractivity contribution is 0.102. The lowest BCUT2D eigenvalue weighted by atomic mass is 10.1. The molecular formula is C17H15BrN4O3S. The largest absolute Gasteiger partial charge is 0.322 e. The molecule has 0 unspecified atom stereocenters. The van der Waals surface area contributed by atoms with Crippen LogP contribution in [0.1, 0.15) is 15.9 Å². The Kier molecular flexibility index (Phi) is 5.21. The molecule has 3 rings (SSSR count). The summed E-state index contributed by atoms with van der Waals surface area (Å²) in [5.74, 6) is -0.446. The zero-order chi connectivity index (χ0) is 18.7. The molecule has 0 spiro atoms. The zero-order valence-electron chi connectivity index (χ0n) is 13.5. The molecular weight excluding hydrogens is 420 g/mol. The van der Waals surface area contributed by atoms with Crippen LogP contribution in [0, 0.1) is 0 Å². The normalized spacial score (nSPS) is 11.3. The van der Waals surface area contributed by atoms with Crippen molar-refractivity contribution in [1.82, 2.24) is 9.78 Å². The first-order chi connectivity index (χ1) is 12.3. The van der Waals surface area contributed by atoms with Gasteiger partial charge in [0.25, 0.3) is 5.91 Å². The SMILES string of the molecule is NS(=O)(=O)c1ccc(Br)c(C(=O)Nc2cccc(Cn3cccn3)c2)c1. The number of hydrogen-bond acceptors (Lipinski definition) is 4. The molecule has 26 heavy (non-hydrogen) atoms. The summed E-state index contributed by atoms with van der Waals surface area (Å²) in [4.78, 5) is 12.4. The number of primary sulfonamides is 1. The van der Waals surface area contributed by atoms with Crippen LogP contribution in [0.25, 0.3) is 0 Å². The summed E-state index contributed by atoms with van der Waals surface area (Å²) in [5.41, 5.74) is 1.73. The first-order valence-electron chi connectivity index (χ1n) is 7.53. The predicted octanol–water partition coefficient (Wildman–Crippen LogP) is 2.59. The van der Waals surface area contributed by atoms with E-state index in [2.05, 4.69) is 26.3 Å². The third-order valence-electron chi connectivity index (χ3n) is 3.60. The molecule has 1 amide bonds. The second-order valence-corrected chi connectivity index (χ2v) is 7.96. The van der Waals surface area contributed by atoms with Crippen LogP contribution in [-0.2, 0) is 16.6 Å². The highest BCUT2D eigenvalue weighted by Crippen LogP contribution is 2.22. The number of nitrogens with one attached hydrogen (secondary N) is 1. The van der Waals surface area contributed by atoms with Crippen LogP contribution in [0.3, 0.4) is 0 Å². The van der Waals surface area contributed by atoms with Gasteiger partial charge in [0.15, 0.2) is 0 Å². The van der Waals surface area contributed by atoms with Crippen molar-refractivity contribution in [3.8, 4) is 0 Å². The molecule has 0 aliphatic heterocycles. The van der Waals surface area contributed by atoms with E-state index in [0.29, 0.717) is 16.7 Å². The summed E-state index contributed by atoms with van der Waals surface area (Å²) in [5, 5.41) is 12.0. The Morgan fingerprint density at radius 3 is 2.69 bits per heavy atom. The minimum absolute atomic E-state index is 0.127. The number of anilines is 1. The number of sulfonamides is 1. The molecule has 1 aromatic heterocycles. The van der Waals surface area contributed by atoms with Crippen molar-refractivity contribution in [3.05, 3.63) is 76.5 Å². The average Bonchev–Trinajstić information content (AvgIpc) is 3.07. The Bertz CT molecular complexity index is 1050. The van der Waals surface area contributed by atoms with E-state index in [4.69, 9.17) is 5.14 Å². The molecule has 134 valence electrons. The van der Waals surface area contributed by atoms with Crippen LogP contribution in [0.2, 0.25) is 0 Å². The highest BCUT2D eigenvalue weighted by atomic mass is 79.9. The molecule has 0 atom stereocenters. The van der Waals surface area contributed by atoms with Gasteiger partial charge in [-0.25, -0.2) is 13.6 Å². The van der Waals surface area contributed by atoms with Crippen molar-refractivity contribution < 1.29 is 13.2 Å². The van der Waals surface area contributed by atoms with Crippen LogP contribution in [0.15, 0.2) is 70.3 Å². The summed E-state index contributed by atoms with van der Waals surface area (Å²) in [6.45, 7) is 0.571. The fraction of sp³-hybridized carbons (Fsp3) is 0.0588. The second-order valence-electron chi connectivity index (χ2n) is 5.54. The number of hydrogen-bond donors (Lipinski definition) is 2. The number of aromatic nitrogens is 2. The lowest BCUT2D eigenvalue weighted by Crippen LogP contribution is -2.16. The molecule has 1 heterocycles. The Morgan fingerprint density at radius 2 is 2.00 bits per heavy atom. The van der Waals surface area contributed by atoms with Gasteiger partial charge in [-0.2, -0.15) is 5.10 Å². The molecule has 9 heteroatoms. The summed E-state index contributed by atoms with van der Waals surface area (Å²) < 4.78 is 25.2. The smallest absolute Gasteiger partial charge is 0.256 e. The predicted molar refractivity (Wildman–Crippen MR) is 101 cm³/mol. The topological polar surface area (TPSA) is 107 Å². The first-order valence-corrected chi connectivity index (χ1v) is 9.87. The van der Waals surface area contributed by atoms with Gasteiger partial charge in [-0.1, -0.05) is 12.1 Å². The van der Waals surface area contributed by atoms with Gasteiger partial charge in [-0.3, -0.25) is 9.48 Å². The Labute approximate surface area is 159 Å². The minimum Gasteiger partial charge on any atom is -0.322 e. The third-order valence-corrected chi connectivity index (χ3v) is 5.20. The van der Waals surface area contributed by atoms with Gasteiger partial charge in [0, 0.05) is 22.6 Å². The van der Waals surface area contributed by atoms with Gasteiger partial charge in [0.2, 0.25) is 10.0 Å². The first kappa shape index (κ1) is 18.3. The number of halogens is 1. The van der Waals surface area contributed by atoms with Gasteiger partial charge in [0.05, 0.1) is 17.0 Å². The van der Waals surface area contributed by atoms with Crippen LogP contribution in [0.5, 0.6) is 0 Å². The molecule has 3 aromatic rings. The van der Waals surface area contributed by atoms with Gasteiger partial charge in [-0.05, 0) is 57.9 Å². The van der Waals surface area contributed by atoms with Gasteiger partial charge < -0.3 is 5.32 Å². The van der Waals surface area contributed by atoms with Crippen molar-refractivity contribution in [3.63, 3.8) is 0 Å². The summed E-state index contributed by atoms with van der Waals surface area (Å²) in [6, 6.07) is 13.2. The fourth-order valence-corrected chi connectivity index (χ4v) is 3.35. The van der Waals surface area contributed by atoms with Crippen LogP contribution in [0.4, 0.5) is 5.69 Å². The number of nitrogens with two attached hydrogens (primary N) is 1. The number of carbonyl (C=O) groups is 1. The van der Waals surface area contributed by atoms with Crippen molar-refractivity contribution in [1.29, 1.82) is 0 Å². The molecule has 3 N–H and O–H groups in total. The van der Waals surface area contributed by atoms with Crippen molar-refractivity contribution in [2.75, 3.05) is 5.32 Å². The van der Waals surface area contributed by atoms with E-state index in [1.54, 1.807) is 16.9 Å². The minimum atomic E-state index is -3.89. The highest BCUT2D eigenvalue weighted by Gasteiger charge is 2.16.